The number of nitrogens with one attached hydrogen (secondary N) is 1. The van der Waals surface area contributed by atoms with Crippen molar-refractivity contribution in [1.82, 2.24) is 9.78 Å². The molecule has 0 bridgehead atoms. The van der Waals surface area contributed by atoms with Crippen molar-refractivity contribution < 1.29 is 14.5 Å². The van der Waals surface area contributed by atoms with Crippen LogP contribution in [0.3, 0.4) is 0 Å². The summed E-state index contributed by atoms with van der Waals surface area (Å²) >= 11 is 6.41. The van der Waals surface area contributed by atoms with Gasteiger partial charge < -0.3 is 15.0 Å². The Labute approximate surface area is 177 Å². The number of nitro groups is 1. The fourth-order valence-corrected chi connectivity index (χ4v) is 3.52. The van der Waals surface area contributed by atoms with E-state index in [1.165, 1.54) is 16.8 Å². The van der Waals surface area contributed by atoms with Gasteiger partial charge in [0.15, 0.2) is 5.69 Å². The van der Waals surface area contributed by atoms with Gasteiger partial charge in [-0.25, -0.2) is 4.68 Å². The first-order valence-corrected chi connectivity index (χ1v) is 9.64. The number of rotatable bonds is 5. The van der Waals surface area contributed by atoms with Crippen LogP contribution in [-0.2, 0) is 4.74 Å². The number of ether oxygens (including phenoxy) is 1. The number of nitrogens with zero attached hydrogens (tertiary/aromatic N) is 4. The SMILES string of the molecule is O=C(Nc1cccc(Cl)c1N1CCOCC1)c1ccn(-c2ccc([N+](=O)[O-])cc2)n1. The zero-order chi connectivity index (χ0) is 21.1. The number of hydrogen-bond donors (Lipinski definition) is 1. The minimum absolute atomic E-state index is 0.0135. The van der Waals surface area contributed by atoms with E-state index in [1.807, 2.05) is 0 Å². The Morgan fingerprint density at radius 1 is 1.13 bits per heavy atom. The lowest BCUT2D eigenvalue weighted by atomic mass is 10.2. The molecule has 10 heteroatoms. The van der Waals surface area contributed by atoms with Crippen molar-refractivity contribution in [2.45, 2.75) is 0 Å². The number of morpholine rings is 1. The number of aromatic nitrogens is 2. The second kappa shape index (κ2) is 8.52. The van der Waals surface area contributed by atoms with Gasteiger partial charge >= 0.3 is 0 Å². The summed E-state index contributed by atoms with van der Waals surface area (Å²) in [6.07, 6.45) is 1.62. The van der Waals surface area contributed by atoms with Crippen molar-refractivity contribution in [1.29, 1.82) is 0 Å². The zero-order valence-corrected chi connectivity index (χ0v) is 16.6. The Balaban J connectivity index is 1.54. The normalized spacial score (nSPS) is 13.8. The topological polar surface area (TPSA) is 103 Å². The van der Waals surface area contributed by atoms with Gasteiger partial charge in [-0.05, 0) is 30.3 Å². The standard InChI is InChI=1S/C20H18ClN5O4/c21-16-2-1-3-17(19(16)24-10-12-30-13-11-24)22-20(27)18-8-9-25(23-18)14-4-6-15(7-5-14)26(28)29/h1-9H,10-13H2,(H,22,27). The molecule has 0 atom stereocenters. The summed E-state index contributed by atoms with van der Waals surface area (Å²) in [5, 5.41) is 18.5. The molecular weight excluding hydrogens is 410 g/mol. The van der Waals surface area contributed by atoms with Crippen LogP contribution >= 0.6 is 11.6 Å². The van der Waals surface area contributed by atoms with Crippen LogP contribution in [0.2, 0.25) is 5.02 Å². The van der Waals surface area contributed by atoms with Crippen LogP contribution in [0.1, 0.15) is 10.5 Å². The summed E-state index contributed by atoms with van der Waals surface area (Å²) in [6.45, 7) is 2.55. The first kappa shape index (κ1) is 19.9. The molecule has 1 fully saturated rings. The summed E-state index contributed by atoms with van der Waals surface area (Å²) in [5.74, 6) is -0.382. The van der Waals surface area contributed by atoms with Gasteiger partial charge in [-0.3, -0.25) is 14.9 Å². The van der Waals surface area contributed by atoms with Crippen LogP contribution in [0.4, 0.5) is 17.1 Å². The van der Waals surface area contributed by atoms with Gasteiger partial charge in [0.2, 0.25) is 0 Å². The Morgan fingerprint density at radius 3 is 2.57 bits per heavy atom. The number of carbonyl (C=O) groups is 1. The number of para-hydroxylation sites is 1. The molecule has 0 unspecified atom stereocenters. The maximum Gasteiger partial charge on any atom is 0.276 e. The Hall–Kier alpha value is -3.43. The third-order valence-corrected chi connectivity index (χ3v) is 5.01. The molecule has 9 nitrogen and oxygen atoms in total. The van der Waals surface area contributed by atoms with Gasteiger partial charge in [0.1, 0.15) is 0 Å². The minimum Gasteiger partial charge on any atom is -0.378 e. The quantitative estimate of drug-likeness (QED) is 0.493. The number of halogens is 1. The van der Waals surface area contributed by atoms with Gasteiger partial charge in [-0.15, -0.1) is 0 Å². The highest BCUT2D eigenvalue weighted by atomic mass is 35.5. The fourth-order valence-electron chi connectivity index (χ4n) is 3.23. The lowest BCUT2D eigenvalue weighted by Crippen LogP contribution is -2.37. The molecule has 154 valence electrons. The molecule has 0 spiro atoms. The summed E-state index contributed by atoms with van der Waals surface area (Å²) in [5.41, 5.74) is 2.16. The molecule has 2 aromatic carbocycles. The number of anilines is 2. The molecule has 2 heterocycles. The second-order valence-corrected chi connectivity index (χ2v) is 7.02. The van der Waals surface area contributed by atoms with Crippen molar-refractivity contribution in [3.8, 4) is 5.69 Å². The van der Waals surface area contributed by atoms with E-state index in [0.29, 0.717) is 42.7 Å². The van der Waals surface area contributed by atoms with E-state index in [2.05, 4.69) is 15.3 Å². The lowest BCUT2D eigenvalue weighted by molar-refractivity contribution is -0.384. The van der Waals surface area contributed by atoms with Gasteiger partial charge in [0.05, 0.1) is 40.2 Å². The summed E-state index contributed by atoms with van der Waals surface area (Å²) in [4.78, 5) is 25.2. The first-order valence-electron chi connectivity index (χ1n) is 9.26. The molecule has 0 aliphatic carbocycles. The molecule has 1 aliphatic rings. The zero-order valence-electron chi connectivity index (χ0n) is 15.8. The number of amides is 1. The molecule has 1 N–H and O–H groups in total. The minimum atomic E-state index is -0.469. The third kappa shape index (κ3) is 4.12. The molecule has 1 amide bonds. The van der Waals surface area contributed by atoms with Gasteiger partial charge in [-0.2, -0.15) is 5.10 Å². The molecule has 1 saturated heterocycles. The summed E-state index contributed by atoms with van der Waals surface area (Å²) in [6, 6.07) is 12.8. The molecule has 1 aliphatic heterocycles. The molecular formula is C20H18ClN5O4. The second-order valence-electron chi connectivity index (χ2n) is 6.61. The number of hydrogen-bond acceptors (Lipinski definition) is 6. The highest BCUT2D eigenvalue weighted by Gasteiger charge is 2.20. The molecule has 30 heavy (non-hydrogen) atoms. The lowest BCUT2D eigenvalue weighted by Gasteiger charge is -2.31. The van der Waals surface area contributed by atoms with E-state index >= 15 is 0 Å². The molecule has 4 rings (SSSR count). The number of non-ortho nitro benzene ring substituents is 1. The van der Waals surface area contributed by atoms with E-state index < -0.39 is 4.92 Å². The van der Waals surface area contributed by atoms with Crippen LogP contribution in [0.25, 0.3) is 5.69 Å². The van der Waals surface area contributed by atoms with Crippen molar-refractivity contribution in [3.05, 3.63) is 75.6 Å². The Kier molecular flexibility index (Phi) is 5.64. The molecule has 0 saturated carbocycles. The van der Waals surface area contributed by atoms with Crippen LogP contribution in [0.15, 0.2) is 54.7 Å². The van der Waals surface area contributed by atoms with Gasteiger partial charge in [-0.1, -0.05) is 17.7 Å². The predicted molar refractivity (Wildman–Crippen MR) is 113 cm³/mol. The van der Waals surface area contributed by atoms with Crippen LogP contribution in [0, 0.1) is 10.1 Å². The van der Waals surface area contributed by atoms with Crippen LogP contribution in [0.5, 0.6) is 0 Å². The highest BCUT2D eigenvalue weighted by Crippen LogP contribution is 2.34. The molecule has 1 aromatic heterocycles. The maximum atomic E-state index is 12.8. The largest absolute Gasteiger partial charge is 0.378 e. The number of carbonyl (C=O) groups excluding carboxylic acids is 1. The predicted octanol–water partition coefficient (Wildman–Crippen LogP) is 3.52. The van der Waals surface area contributed by atoms with Crippen molar-refractivity contribution >= 4 is 34.6 Å². The highest BCUT2D eigenvalue weighted by molar-refractivity contribution is 6.34. The van der Waals surface area contributed by atoms with Crippen LogP contribution in [-0.4, -0.2) is 46.9 Å². The molecule has 3 aromatic rings. The maximum absolute atomic E-state index is 12.8. The molecule has 0 radical (unpaired) electrons. The van der Waals surface area contributed by atoms with Crippen LogP contribution < -0.4 is 10.2 Å². The van der Waals surface area contributed by atoms with Gasteiger partial charge in [0.25, 0.3) is 11.6 Å². The van der Waals surface area contributed by atoms with E-state index in [-0.39, 0.29) is 17.3 Å². The Bertz CT molecular complexity index is 1080. The summed E-state index contributed by atoms with van der Waals surface area (Å²) < 4.78 is 6.88. The average molecular weight is 428 g/mol. The van der Waals surface area contributed by atoms with Gasteiger partial charge in [0, 0.05) is 31.4 Å². The van der Waals surface area contributed by atoms with E-state index in [9.17, 15) is 14.9 Å². The van der Waals surface area contributed by atoms with E-state index in [4.69, 9.17) is 16.3 Å². The van der Waals surface area contributed by atoms with Crippen molar-refractivity contribution in [2.75, 3.05) is 36.5 Å². The smallest absolute Gasteiger partial charge is 0.276 e. The third-order valence-electron chi connectivity index (χ3n) is 4.71. The number of nitro benzene ring substituents is 1. The van der Waals surface area contributed by atoms with E-state index in [1.54, 1.807) is 42.6 Å². The monoisotopic (exact) mass is 427 g/mol. The fraction of sp³-hybridized carbons (Fsp3) is 0.200. The van der Waals surface area contributed by atoms with Crippen molar-refractivity contribution in [2.24, 2.45) is 0 Å². The van der Waals surface area contributed by atoms with E-state index in [0.717, 1.165) is 5.69 Å². The number of benzene rings is 2. The summed E-state index contributed by atoms with van der Waals surface area (Å²) in [7, 11) is 0. The van der Waals surface area contributed by atoms with Crippen molar-refractivity contribution in [3.63, 3.8) is 0 Å². The average Bonchev–Trinajstić information content (AvgIpc) is 3.25. The first-order chi connectivity index (χ1) is 14.5. The Morgan fingerprint density at radius 2 is 1.87 bits per heavy atom.